The zero-order valence-electron chi connectivity index (χ0n) is 16.2. The van der Waals surface area contributed by atoms with Crippen molar-refractivity contribution in [3.05, 3.63) is 18.2 Å². The van der Waals surface area contributed by atoms with Crippen molar-refractivity contribution >= 4 is 12.1 Å². The molecule has 8 nitrogen and oxygen atoms in total. The molecule has 2 rings (SSSR count). The van der Waals surface area contributed by atoms with Gasteiger partial charge in [-0.15, -0.1) is 0 Å². The third-order valence-electron chi connectivity index (χ3n) is 4.23. The van der Waals surface area contributed by atoms with Gasteiger partial charge in [-0.3, -0.25) is 0 Å². The van der Waals surface area contributed by atoms with Gasteiger partial charge in [-0.2, -0.15) is 0 Å². The lowest BCUT2D eigenvalue weighted by molar-refractivity contribution is 0.0478. The Morgan fingerprint density at radius 1 is 1.27 bits per heavy atom. The van der Waals surface area contributed by atoms with Crippen LogP contribution in [-0.2, 0) is 16.0 Å². The highest BCUT2D eigenvalue weighted by molar-refractivity contribution is 5.86. The number of imidazole rings is 1. The summed E-state index contributed by atoms with van der Waals surface area (Å²) in [5, 5.41) is 2.95. The van der Waals surface area contributed by atoms with Crippen LogP contribution in [0.5, 0.6) is 0 Å². The number of likely N-dealkylation sites (tertiary alicyclic amines) is 1. The maximum atomic E-state index is 11.8. The Hall–Kier alpha value is -2.09. The molecule has 0 aromatic carbocycles. The first-order chi connectivity index (χ1) is 12.3. The fourth-order valence-electron chi connectivity index (χ4n) is 2.94. The monoisotopic (exact) mass is 366 g/mol. The molecular formula is C18H30N4O4. The van der Waals surface area contributed by atoms with Gasteiger partial charge in [0.2, 0.25) is 0 Å². The van der Waals surface area contributed by atoms with Crippen LogP contribution in [0.25, 0.3) is 0 Å². The summed E-state index contributed by atoms with van der Waals surface area (Å²) in [6, 6.07) is 0.178. The Balaban J connectivity index is 1.64. The minimum absolute atomic E-state index is 0.178. The second-order valence-corrected chi connectivity index (χ2v) is 7.60. The second kappa shape index (κ2) is 9.02. The summed E-state index contributed by atoms with van der Waals surface area (Å²) in [6.07, 6.45) is 5.86. The van der Waals surface area contributed by atoms with Gasteiger partial charge in [0.25, 0.3) is 0 Å². The molecule has 1 fully saturated rings. The lowest BCUT2D eigenvalue weighted by Crippen LogP contribution is -2.46. The number of carbonyl (C=O) groups excluding carboxylic acids is 2. The molecular weight excluding hydrogens is 336 g/mol. The first kappa shape index (κ1) is 20.2. The molecule has 0 atom stereocenters. The van der Waals surface area contributed by atoms with Crippen molar-refractivity contribution in [3.8, 4) is 0 Å². The number of nitrogens with zero attached hydrogens (tertiary/aromatic N) is 3. The molecule has 1 aromatic rings. The molecule has 0 aliphatic carbocycles. The number of nitrogens with one attached hydrogen (secondary N) is 1. The number of carbonyl (C=O) groups is 2. The zero-order chi connectivity index (χ0) is 19.2. The first-order valence-electron chi connectivity index (χ1n) is 9.09. The maximum Gasteiger partial charge on any atom is 0.407 e. The van der Waals surface area contributed by atoms with E-state index < -0.39 is 11.6 Å². The van der Waals surface area contributed by atoms with Crippen LogP contribution in [-0.4, -0.2) is 64.9 Å². The number of alkyl carbamates (subject to hydrolysis) is 1. The number of methoxy groups -OCH3 is 1. The van der Waals surface area contributed by atoms with E-state index in [-0.39, 0.29) is 12.1 Å². The predicted octanol–water partition coefficient (Wildman–Crippen LogP) is 2.05. The van der Waals surface area contributed by atoms with Gasteiger partial charge in [0.05, 0.1) is 13.4 Å². The van der Waals surface area contributed by atoms with E-state index in [0.717, 1.165) is 45.4 Å². The molecule has 0 spiro atoms. The molecule has 0 saturated carbocycles. The number of piperidine rings is 1. The number of hydrogen-bond acceptors (Lipinski definition) is 6. The Morgan fingerprint density at radius 2 is 1.96 bits per heavy atom. The maximum absolute atomic E-state index is 11.8. The first-order valence-corrected chi connectivity index (χ1v) is 9.09. The molecule has 0 unspecified atom stereocenters. The Kier molecular flexibility index (Phi) is 7.02. The van der Waals surface area contributed by atoms with E-state index in [1.165, 1.54) is 7.11 Å². The van der Waals surface area contributed by atoms with Crippen LogP contribution in [0, 0.1) is 0 Å². The average molecular weight is 366 g/mol. The van der Waals surface area contributed by atoms with Gasteiger partial charge >= 0.3 is 12.1 Å². The van der Waals surface area contributed by atoms with Crippen LogP contribution in [0.15, 0.2) is 12.5 Å². The molecule has 146 valence electrons. The van der Waals surface area contributed by atoms with Crippen LogP contribution in [0.4, 0.5) is 4.79 Å². The van der Waals surface area contributed by atoms with Crippen molar-refractivity contribution in [3.63, 3.8) is 0 Å². The van der Waals surface area contributed by atoms with Gasteiger partial charge in [-0.05, 0) is 46.6 Å². The molecule has 1 saturated heterocycles. The van der Waals surface area contributed by atoms with E-state index in [9.17, 15) is 9.59 Å². The zero-order valence-corrected chi connectivity index (χ0v) is 16.2. The van der Waals surface area contributed by atoms with Crippen molar-refractivity contribution in [1.82, 2.24) is 19.8 Å². The fraction of sp³-hybridized carbons (Fsp3) is 0.722. The number of aryl methyl sites for hydroxylation is 1. The van der Waals surface area contributed by atoms with Gasteiger partial charge < -0.3 is 24.3 Å². The molecule has 1 aromatic heterocycles. The van der Waals surface area contributed by atoms with Gasteiger partial charge in [0.1, 0.15) is 5.60 Å². The molecule has 8 heteroatoms. The number of esters is 1. The average Bonchev–Trinajstić information content (AvgIpc) is 3.03. The van der Waals surface area contributed by atoms with Gasteiger partial charge in [-0.25, -0.2) is 14.6 Å². The second-order valence-electron chi connectivity index (χ2n) is 7.60. The van der Waals surface area contributed by atoms with Crippen molar-refractivity contribution in [2.75, 3.05) is 26.7 Å². The van der Waals surface area contributed by atoms with Crippen LogP contribution in [0.3, 0.4) is 0 Å². The number of ether oxygens (including phenoxy) is 2. The Morgan fingerprint density at radius 3 is 2.58 bits per heavy atom. The lowest BCUT2D eigenvalue weighted by Gasteiger charge is -2.32. The van der Waals surface area contributed by atoms with E-state index in [4.69, 9.17) is 4.74 Å². The van der Waals surface area contributed by atoms with Crippen LogP contribution in [0.1, 0.15) is 50.5 Å². The molecule has 1 amide bonds. The summed E-state index contributed by atoms with van der Waals surface area (Å²) in [5.74, 6) is -0.414. The number of aromatic nitrogens is 2. The van der Waals surface area contributed by atoms with Crippen molar-refractivity contribution < 1.29 is 19.1 Å². The molecule has 1 aliphatic heterocycles. The minimum atomic E-state index is -0.466. The molecule has 1 aliphatic rings. The summed E-state index contributed by atoms with van der Waals surface area (Å²) >= 11 is 0. The van der Waals surface area contributed by atoms with Crippen molar-refractivity contribution in [2.45, 2.75) is 58.2 Å². The van der Waals surface area contributed by atoms with E-state index >= 15 is 0 Å². The summed E-state index contributed by atoms with van der Waals surface area (Å²) in [7, 11) is 1.35. The third kappa shape index (κ3) is 6.67. The van der Waals surface area contributed by atoms with Crippen LogP contribution >= 0.6 is 0 Å². The van der Waals surface area contributed by atoms with E-state index in [1.807, 2.05) is 25.3 Å². The summed E-state index contributed by atoms with van der Waals surface area (Å²) in [5.41, 5.74) is -0.132. The summed E-state index contributed by atoms with van der Waals surface area (Å²) in [6.45, 7) is 9.29. The topological polar surface area (TPSA) is 85.7 Å². The number of hydrogen-bond donors (Lipinski definition) is 1. The normalized spacial score (nSPS) is 16.3. The van der Waals surface area contributed by atoms with Gasteiger partial charge in [0, 0.05) is 31.9 Å². The van der Waals surface area contributed by atoms with Crippen LogP contribution in [0.2, 0.25) is 0 Å². The van der Waals surface area contributed by atoms with Gasteiger partial charge in [0.15, 0.2) is 5.69 Å². The Bertz CT molecular complexity index is 601. The van der Waals surface area contributed by atoms with Crippen molar-refractivity contribution in [1.29, 1.82) is 0 Å². The van der Waals surface area contributed by atoms with Gasteiger partial charge in [-0.1, -0.05) is 0 Å². The van der Waals surface area contributed by atoms with E-state index in [2.05, 4.69) is 19.9 Å². The molecule has 1 N–H and O–H groups in total. The quantitative estimate of drug-likeness (QED) is 0.776. The Labute approximate surface area is 154 Å². The highest BCUT2D eigenvalue weighted by Crippen LogP contribution is 2.13. The summed E-state index contributed by atoms with van der Waals surface area (Å²) < 4.78 is 11.9. The van der Waals surface area contributed by atoms with E-state index in [1.54, 1.807) is 12.5 Å². The highest BCUT2D eigenvalue weighted by atomic mass is 16.6. The number of rotatable bonds is 6. The van der Waals surface area contributed by atoms with E-state index in [0.29, 0.717) is 5.69 Å². The fourth-order valence-corrected chi connectivity index (χ4v) is 2.94. The smallest absolute Gasteiger partial charge is 0.407 e. The lowest BCUT2D eigenvalue weighted by atomic mass is 10.1. The molecule has 2 heterocycles. The minimum Gasteiger partial charge on any atom is -0.464 e. The number of amides is 1. The highest BCUT2D eigenvalue weighted by Gasteiger charge is 2.23. The molecule has 26 heavy (non-hydrogen) atoms. The largest absolute Gasteiger partial charge is 0.464 e. The summed E-state index contributed by atoms with van der Waals surface area (Å²) in [4.78, 5) is 29.6. The SMILES string of the molecule is COC(=O)c1cn(CCCN2CCC(NC(=O)OC(C)(C)C)CC2)cn1. The van der Waals surface area contributed by atoms with Crippen LogP contribution < -0.4 is 5.32 Å². The molecule has 0 radical (unpaired) electrons. The standard InChI is InChI=1S/C18H30N4O4/c1-18(2,3)26-17(24)20-14-6-10-21(11-7-14)8-5-9-22-12-15(19-13-22)16(23)25-4/h12-14H,5-11H2,1-4H3,(H,20,24). The molecule has 0 bridgehead atoms. The third-order valence-corrected chi connectivity index (χ3v) is 4.23. The van der Waals surface area contributed by atoms with Crippen molar-refractivity contribution in [2.24, 2.45) is 0 Å². The predicted molar refractivity (Wildman–Crippen MR) is 97.0 cm³/mol.